The van der Waals surface area contributed by atoms with Crippen LogP contribution in [0.3, 0.4) is 0 Å². The van der Waals surface area contributed by atoms with E-state index in [2.05, 4.69) is 5.32 Å². The number of nitriles is 1. The fourth-order valence-corrected chi connectivity index (χ4v) is 0.929. The average Bonchev–Trinajstić information content (AvgIpc) is 2.15. The third-order valence-corrected chi connectivity index (χ3v) is 1.50. The molecule has 1 rings (SSSR count). The summed E-state index contributed by atoms with van der Waals surface area (Å²) < 4.78 is 0. The molecule has 0 heterocycles. The maximum absolute atomic E-state index is 10.2. The fourth-order valence-electron chi connectivity index (χ4n) is 0.929. The first-order chi connectivity index (χ1) is 6.22. The molecule has 1 aromatic carbocycles. The molecule has 1 amide bonds. The smallest absolute Gasteiger partial charge is 0.404 e. The van der Waals surface area contributed by atoms with Gasteiger partial charge in [0.2, 0.25) is 0 Å². The fraction of sp³-hybridized carbons (Fsp3) is 0.111. The van der Waals surface area contributed by atoms with Crippen molar-refractivity contribution in [2.45, 2.75) is 6.54 Å². The average molecular weight is 176 g/mol. The zero-order chi connectivity index (χ0) is 9.68. The number of carboxylic acid groups (broad SMARTS) is 1. The van der Waals surface area contributed by atoms with Crippen LogP contribution in [0.2, 0.25) is 0 Å². The summed E-state index contributed by atoms with van der Waals surface area (Å²) in [5, 5.41) is 19.1. The molecule has 0 aliphatic carbocycles. The Kier molecular flexibility index (Phi) is 2.87. The van der Waals surface area contributed by atoms with Crippen molar-refractivity contribution in [1.82, 2.24) is 5.32 Å². The lowest BCUT2D eigenvalue weighted by molar-refractivity contribution is 0.194. The largest absolute Gasteiger partial charge is 0.465 e. The summed E-state index contributed by atoms with van der Waals surface area (Å²) in [6.45, 7) is 0.227. The predicted molar refractivity (Wildman–Crippen MR) is 46.0 cm³/mol. The molecule has 0 aliphatic heterocycles. The second-order valence-corrected chi connectivity index (χ2v) is 2.47. The molecule has 0 unspecified atom stereocenters. The van der Waals surface area contributed by atoms with Crippen LogP contribution in [0.4, 0.5) is 4.79 Å². The molecule has 0 saturated heterocycles. The molecule has 2 N–H and O–H groups in total. The van der Waals surface area contributed by atoms with Crippen molar-refractivity contribution in [1.29, 1.82) is 5.26 Å². The molecule has 0 aromatic heterocycles. The van der Waals surface area contributed by atoms with Gasteiger partial charge in [-0.15, -0.1) is 0 Å². The predicted octanol–water partition coefficient (Wildman–Crippen LogP) is 1.33. The molecule has 0 bridgehead atoms. The number of amides is 1. The molecular weight excluding hydrogens is 168 g/mol. The lowest BCUT2D eigenvalue weighted by Crippen LogP contribution is -2.19. The van der Waals surface area contributed by atoms with Gasteiger partial charge in [0, 0.05) is 6.54 Å². The van der Waals surface area contributed by atoms with E-state index in [0.29, 0.717) is 5.56 Å². The zero-order valence-corrected chi connectivity index (χ0v) is 6.82. The standard InChI is InChI=1S/C9H8N2O2/c10-5-7-2-1-3-8(4-7)6-11-9(12)13/h1-4,11H,6H2,(H,12,13). The number of rotatable bonds is 2. The second-order valence-electron chi connectivity index (χ2n) is 2.47. The molecule has 1 aromatic rings. The third kappa shape index (κ3) is 2.83. The minimum absolute atomic E-state index is 0.227. The first-order valence-corrected chi connectivity index (χ1v) is 3.68. The molecule has 4 heteroatoms. The van der Waals surface area contributed by atoms with Crippen LogP contribution in [0.25, 0.3) is 0 Å². The van der Waals surface area contributed by atoms with Gasteiger partial charge in [0.1, 0.15) is 0 Å². The third-order valence-electron chi connectivity index (χ3n) is 1.50. The number of nitrogens with one attached hydrogen (secondary N) is 1. The van der Waals surface area contributed by atoms with Crippen molar-refractivity contribution in [2.24, 2.45) is 0 Å². The van der Waals surface area contributed by atoms with Crippen molar-refractivity contribution in [3.63, 3.8) is 0 Å². The molecular formula is C9H8N2O2. The summed E-state index contributed by atoms with van der Waals surface area (Å²) >= 11 is 0. The van der Waals surface area contributed by atoms with Crippen LogP contribution in [0, 0.1) is 11.3 Å². The molecule has 4 nitrogen and oxygen atoms in total. The van der Waals surface area contributed by atoms with E-state index in [1.807, 2.05) is 6.07 Å². The molecule has 66 valence electrons. The Labute approximate surface area is 75.4 Å². The van der Waals surface area contributed by atoms with Gasteiger partial charge in [-0.05, 0) is 17.7 Å². The zero-order valence-electron chi connectivity index (χ0n) is 6.82. The van der Waals surface area contributed by atoms with Crippen LogP contribution >= 0.6 is 0 Å². The number of nitrogens with zero attached hydrogens (tertiary/aromatic N) is 1. The number of carbonyl (C=O) groups is 1. The number of benzene rings is 1. The highest BCUT2D eigenvalue weighted by Crippen LogP contribution is 2.03. The van der Waals surface area contributed by atoms with Crippen LogP contribution < -0.4 is 5.32 Å². The summed E-state index contributed by atoms with van der Waals surface area (Å²) in [5.74, 6) is 0. The Morgan fingerprint density at radius 1 is 1.62 bits per heavy atom. The normalized spacial score (nSPS) is 8.85. The first-order valence-electron chi connectivity index (χ1n) is 3.68. The van der Waals surface area contributed by atoms with Crippen molar-refractivity contribution in [3.8, 4) is 6.07 Å². The van der Waals surface area contributed by atoms with E-state index in [1.165, 1.54) is 0 Å². The molecule has 0 aliphatic rings. The summed E-state index contributed by atoms with van der Waals surface area (Å²) in [6.07, 6.45) is -1.07. The van der Waals surface area contributed by atoms with Gasteiger partial charge in [-0.25, -0.2) is 4.79 Å². The Morgan fingerprint density at radius 3 is 3.00 bits per heavy atom. The lowest BCUT2D eigenvalue weighted by Gasteiger charge is -2.00. The van der Waals surface area contributed by atoms with Gasteiger partial charge in [-0.3, -0.25) is 0 Å². The minimum atomic E-state index is -1.07. The second kappa shape index (κ2) is 4.12. The summed E-state index contributed by atoms with van der Waals surface area (Å²) in [7, 11) is 0. The van der Waals surface area contributed by atoms with E-state index in [9.17, 15) is 4.79 Å². The van der Waals surface area contributed by atoms with Crippen LogP contribution in [-0.4, -0.2) is 11.2 Å². The van der Waals surface area contributed by atoms with Crippen molar-refractivity contribution >= 4 is 6.09 Å². The van der Waals surface area contributed by atoms with Gasteiger partial charge in [-0.1, -0.05) is 12.1 Å². The van der Waals surface area contributed by atoms with E-state index >= 15 is 0 Å². The van der Waals surface area contributed by atoms with E-state index in [1.54, 1.807) is 24.3 Å². The quantitative estimate of drug-likeness (QED) is 0.713. The van der Waals surface area contributed by atoms with E-state index in [-0.39, 0.29) is 6.54 Å². The monoisotopic (exact) mass is 176 g/mol. The van der Waals surface area contributed by atoms with Crippen molar-refractivity contribution in [3.05, 3.63) is 35.4 Å². The topological polar surface area (TPSA) is 73.1 Å². The Balaban J connectivity index is 2.68. The van der Waals surface area contributed by atoms with Crippen LogP contribution in [0.1, 0.15) is 11.1 Å². The van der Waals surface area contributed by atoms with E-state index in [0.717, 1.165) is 5.56 Å². The maximum atomic E-state index is 10.2. The highest BCUT2D eigenvalue weighted by molar-refractivity contribution is 5.64. The van der Waals surface area contributed by atoms with E-state index < -0.39 is 6.09 Å². The summed E-state index contributed by atoms with van der Waals surface area (Å²) in [6, 6.07) is 8.78. The summed E-state index contributed by atoms with van der Waals surface area (Å²) in [4.78, 5) is 10.2. The first kappa shape index (κ1) is 9.07. The molecule has 0 radical (unpaired) electrons. The Morgan fingerprint density at radius 2 is 2.38 bits per heavy atom. The molecule has 0 atom stereocenters. The van der Waals surface area contributed by atoms with Crippen LogP contribution in [0.5, 0.6) is 0 Å². The van der Waals surface area contributed by atoms with Crippen LogP contribution in [-0.2, 0) is 6.54 Å². The lowest BCUT2D eigenvalue weighted by atomic mass is 10.1. The van der Waals surface area contributed by atoms with Crippen molar-refractivity contribution < 1.29 is 9.90 Å². The Bertz CT molecular complexity index is 355. The number of hydrogen-bond acceptors (Lipinski definition) is 2. The van der Waals surface area contributed by atoms with Crippen LogP contribution in [0.15, 0.2) is 24.3 Å². The highest BCUT2D eigenvalue weighted by Gasteiger charge is 1.97. The van der Waals surface area contributed by atoms with Gasteiger partial charge in [0.15, 0.2) is 0 Å². The minimum Gasteiger partial charge on any atom is -0.465 e. The SMILES string of the molecule is N#Cc1cccc(CNC(=O)O)c1. The highest BCUT2D eigenvalue weighted by atomic mass is 16.4. The van der Waals surface area contributed by atoms with E-state index in [4.69, 9.17) is 10.4 Å². The van der Waals surface area contributed by atoms with Gasteiger partial charge >= 0.3 is 6.09 Å². The van der Waals surface area contributed by atoms with Gasteiger partial charge in [0.25, 0.3) is 0 Å². The molecule has 0 saturated carbocycles. The maximum Gasteiger partial charge on any atom is 0.404 e. The number of hydrogen-bond donors (Lipinski definition) is 2. The molecule has 0 fully saturated rings. The Hall–Kier alpha value is -2.02. The molecule has 0 spiro atoms. The van der Waals surface area contributed by atoms with Gasteiger partial charge < -0.3 is 10.4 Å². The molecule has 13 heavy (non-hydrogen) atoms. The van der Waals surface area contributed by atoms with Crippen molar-refractivity contribution in [2.75, 3.05) is 0 Å². The van der Waals surface area contributed by atoms with Gasteiger partial charge in [-0.2, -0.15) is 5.26 Å². The summed E-state index contributed by atoms with van der Waals surface area (Å²) in [5.41, 5.74) is 1.31. The van der Waals surface area contributed by atoms with Gasteiger partial charge in [0.05, 0.1) is 11.6 Å².